The first kappa shape index (κ1) is 18.2. The van der Waals surface area contributed by atoms with Crippen LogP contribution in [-0.4, -0.2) is 30.8 Å². The number of alkyl carbamates (subject to hydrolysis) is 1. The smallest absolute Gasteiger partial charge is 0.407 e. The summed E-state index contributed by atoms with van der Waals surface area (Å²) in [6, 6.07) is 3.68. The van der Waals surface area contributed by atoms with Crippen molar-refractivity contribution in [2.24, 2.45) is 11.8 Å². The van der Waals surface area contributed by atoms with Crippen LogP contribution in [0.3, 0.4) is 0 Å². The topological polar surface area (TPSA) is 90.7 Å². The van der Waals surface area contributed by atoms with Crippen LogP contribution in [0.2, 0.25) is 0 Å². The molecule has 1 fully saturated rings. The van der Waals surface area contributed by atoms with Crippen LogP contribution in [0.15, 0.2) is 27.7 Å². The Bertz CT molecular complexity index is 828. The average Bonchev–Trinajstić information content (AvgIpc) is 3.44. The SMILES string of the molecule is CCOC(=O)NCCC(COc1ccc(C)c2c(=O)ocnc12)C1CC1. The summed E-state index contributed by atoms with van der Waals surface area (Å²) in [6.07, 6.45) is 3.96. The van der Waals surface area contributed by atoms with E-state index in [1.807, 2.05) is 19.1 Å². The molecule has 0 saturated heterocycles. The highest BCUT2D eigenvalue weighted by atomic mass is 16.5. The van der Waals surface area contributed by atoms with E-state index in [2.05, 4.69) is 10.3 Å². The van der Waals surface area contributed by atoms with Gasteiger partial charge in [-0.1, -0.05) is 6.07 Å². The van der Waals surface area contributed by atoms with E-state index >= 15 is 0 Å². The van der Waals surface area contributed by atoms with Gasteiger partial charge in [0.15, 0.2) is 6.39 Å². The zero-order chi connectivity index (χ0) is 18.5. The van der Waals surface area contributed by atoms with Gasteiger partial charge in [0.1, 0.15) is 11.3 Å². The summed E-state index contributed by atoms with van der Waals surface area (Å²) >= 11 is 0. The summed E-state index contributed by atoms with van der Waals surface area (Å²) in [4.78, 5) is 27.5. The molecule has 2 aromatic rings. The summed E-state index contributed by atoms with van der Waals surface area (Å²) in [7, 11) is 0. The molecule has 26 heavy (non-hydrogen) atoms. The molecular formula is C19H24N2O5. The van der Waals surface area contributed by atoms with Gasteiger partial charge in [-0.05, 0) is 56.6 Å². The lowest BCUT2D eigenvalue weighted by molar-refractivity contribution is 0.150. The molecule has 1 aromatic heterocycles. The second-order valence-corrected chi connectivity index (χ2v) is 6.59. The van der Waals surface area contributed by atoms with E-state index < -0.39 is 5.63 Å². The minimum absolute atomic E-state index is 0.341. The number of rotatable bonds is 8. The fourth-order valence-corrected chi connectivity index (χ4v) is 3.12. The Morgan fingerprint density at radius 3 is 2.96 bits per heavy atom. The van der Waals surface area contributed by atoms with Crippen molar-refractivity contribution in [1.82, 2.24) is 10.3 Å². The van der Waals surface area contributed by atoms with Gasteiger partial charge in [-0.25, -0.2) is 14.6 Å². The first-order valence-corrected chi connectivity index (χ1v) is 9.00. The first-order chi connectivity index (χ1) is 12.6. The third-order valence-electron chi connectivity index (χ3n) is 4.70. The van der Waals surface area contributed by atoms with Crippen LogP contribution >= 0.6 is 0 Å². The number of carbonyl (C=O) groups is 1. The predicted molar refractivity (Wildman–Crippen MR) is 96.4 cm³/mol. The van der Waals surface area contributed by atoms with Crippen molar-refractivity contribution in [1.29, 1.82) is 0 Å². The number of aromatic nitrogens is 1. The van der Waals surface area contributed by atoms with E-state index in [-0.39, 0.29) is 6.09 Å². The third kappa shape index (κ3) is 4.33. The second kappa shape index (κ2) is 8.21. The number of nitrogens with one attached hydrogen (secondary N) is 1. The largest absolute Gasteiger partial charge is 0.491 e. The zero-order valence-electron chi connectivity index (χ0n) is 15.1. The minimum atomic E-state index is -0.407. The van der Waals surface area contributed by atoms with Gasteiger partial charge in [0.05, 0.1) is 18.6 Å². The molecule has 0 radical (unpaired) electrons. The number of hydrogen-bond donors (Lipinski definition) is 1. The highest BCUT2D eigenvalue weighted by Crippen LogP contribution is 2.39. The number of ether oxygens (including phenoxy) is 2. The molecule has 1 aliphatic rings. The van der Waals surface area contributed by atoms with Crippen LogP contribution in [0.5, 0.6) is 5.75 Å². The fourth-order valence-electron chi connectivity index (χ4n) is 3.12. The van der Waals surface area contributed by atoms with E-state index in [4.69, 9.17) is 13.9 Å². The standard InChI is InChI=1S/C19H24N2O5/c1-3-24-19(23)20-9-8-14(13-5-6-13)10-25-15-7-4-12(2)16-17(15)21-11-26-18(16)22/h4,7,11,13-14H,3,5-6,8-10H2,1-2H3,(H,20,23). The Balaban J connectivity index is 1.64. The van der Waals surface area contributed by atoms with Crippen molar-refractivity contribution >= 4 is 17.0 Å². The van der Waals surface area contributed by atoms with E-state index in [9.17, 15) is 9.59 Å². The van der Waals surface area contributed by atoms with E-state index in [1.54, 1.807) is 6.92 Å². The number of nitrogens with zero attached hydrogens (tertiary/aromatic N) is 1. The van der Waals surface area contributed by atoms with Gasteiger partial charge in [0.25, 0.3) is 0 Å². The molecular weight excluding hydrogens is 336 g/mol. The molecule has 1 amide bonds. The van der Waals surface area contributed by atoms with Crippen LogP contribution in [0.4, 0.5) is 4.79 Å². The molecule has 0 bridgehead atoms. The van der Waals surface area contributed by atoms with Crippen LogP contribution in [0, 0.1) is 18.8 Å². The fraction of sp³-hybridized carbons (Fsp3) is 0.526. The zero-order valence-corrected chi connectivity index (χ0v) is 15.1. The molecule has 0 aliphatic heterocycles. The first-order valence-electron chi connectivity index (χ1n) is 9.00. The lowest BCUT2D eigenvalue weighted by Crippen LogP contribution is -2.28. The Morgan fingerprint density at radius 2 is 2.23 bits per heavy atom. The molecule has 7 heteroatoms. The molecule has 7 nitrogen and oxygen atoms in total. The van der Waals surface area contributed by atoms with Gasteiger partial charge in [-0.3, -0.25) is 0 Å². The quantitative estimate of drug-likeness (QED) is 0.778. The summed E-state index contributed by atoms with van der Waals surface area (Å²) < 4.78 is 15.8. The van der Waals surface area contributed by atoms with Crippen molar-refractivity contribution < 1.29 is 18.7 Å². The molecule has 1 saturated carbocycles. The Hall–Kier alpha value is -2.57. The third-order valence-corrected chi connectivity index (χ3v) is 4.70. The van der Waals surface area contributed by atoms with Gasteiger partial charge in [0.2, 0.25) is 0 Å². The van der Waals surface area contributed by atoms with Crippen LogP contribution in [-0.2, 0) is 4.74 Å². The van der Waals surface area contributed by atoms with E-state index in [1.165, 1.54) is 12.8 Å². The number of hydrogen-bond acceptors (Lipinski definition) is 6. The van der Waals surface area contributed by atoms with Gasteiger partial charge in [-0.15, -0.1) is 0 Å². The maximum absolute atomic E-state index is 12.0. The van der Waals surface area contributed by atoms with Gasteiger partial charge >= 0.3 is 11.7 Å². The molecule has 3 rings (SSSR count). The molecule has 1 aliphatic carbocycles. The van der Waals surface area contributed by atoms with Gasteiger partial charge in [0, 0.05) is 6.54 Å². The predicted octanol–water partition coefficient (Wildman–Crippen LogP) is 3.04. The minimum Gasteiger partial charge on any atom is -0.491 e. The summed E-state index contributed by atoms with van der Waals surface area (Å²) in [6.45, 7) is 5.07. The van der Waals surface area contributed by atoms with Gasteiger partial charge in [-0.2, -0.15) is 0 Å². The second-order valence-electron chi connectivity index (χ2n) is 6.59. The van der Waals surface area contributed by atoms with Crippen LogP contribution in [0.25, 0.3) is 10.9 Å². The molecule has 1 atom stereocenters. The van der Waals surface area contributed by atoms with Crippen LogP contribution < -0.4 is 15.7 Å². The maximum Gasteiger partial charge on any atom is 0.407 e. The molecule has 1 aromatic carbocycles. The summed E-state index contributed by atoms with van der Waals surface area (Å²) in [5.41, 5.74) is 0.933. The van der Waals surface area contributed by atoms with Crippen molar-refractivity contribution in [2.75, 3.05) is 19.8 Å². The maximum atomic E-state index is 12.0. The van der Waals surface area contributed by atoms with Crippen molar-refractivity contribution in [2.45, 2.75) is 33.1 Å². The molecule has 0 spiro atoms. The Kier molecular flexibility index (Phi) is 5.75. The average molecular weight is 360 g/mol. The molecule has 1 heterocycles. The van der Waals surface area contributed by atoms with Crippen molar-refractivity contribution in [3.8, 4) is 5.75 Å². The molecule has 1 N–H and O–H groups in total. The lowest BCUT2D eigenvalue weighted by atomic mass is 10.0. The summed E-state index contributed by atoms with van der Waals surface area (Å²) in [5, 5.41) is 3.21. The van der Waals surface area contributed by atoms with Crippen molar-refractivity contribution in [3.63, 3.8) is 0 Å². The van der Waals surface area contributed by atoms with Crippen LogP contribution in [0.1, 0.15) is 31.7 Å². The van der Waals surface area contributed by atoms with E-state index in [0.717, 1.165) is 18.4 Å². The number of aryl methyl sites for hydroxylation is 1. The number of carbonyl (C=O) groups excluding carboxylic acids is 1. The molecule has 1 unspecified atom stereocenters. The molecule has 140 valence electrons. The summed E-state index contributed by atoms with van der Waals surface area (Å²) in [5.74, 6) is 1.55. The number of fused-ring (bicyclic) bond motifs is 1. The normalized spacial score (nSPS) is 14.8. The van der Waals surface area contributed by atoms with E-state index in [0.29, 0.717) is 48.2 Å². The Labute approximate surface area is 151 Å². The monoisotopic (exact) mass is 360 g/mol. The van der Waals surface area contributed by atoms with Gasteiger partial charge < -0.3 is 19.2 Å². The highest BCUT2D eigenvalue weighted by molar-refractivity contribution is 5.86. The lowest BCUT2D eigenvalue weighted by Gasteiger charge is -2.18. The number of benzene rings is 1. The van der Waals surface area contributed by atoms with Crippen molar-refractivity contribution in [3.05, 3.63) is 34.5 Å². The Morgan fingerprint density at radius 1 is 1.42 bits per heavy atom. The highest BCUT2D eigenvalue weighted by Gasteiger charge is 2.31. The number of amides is 1.